The fraction of sp³-hybridized carbons (Fsp3) is 0.667. The quantitative estimate of drug-likeness (QED) is 0.285. The van der Waals surface area contributed by atoms with Crippen LogP contribution in [0.15, 0.2) is 12.7 Å². The first-order valence-electron chi connectivity index (χ1n) is 2.94. The average Bonchev–Trinajstić information content (AvgIpc) is 2.47. The van der Waals surface area contributed by atoms with Crippen LogP contribution in [0.25, 0.3) is 0 Å². The molecule has 1 saturated carbocycles. The Hall–Kier alpha value is 0.690. The van der Waals surface area contributed by atoms with Gasteiger partial charge in [0.05, 0.1) is 0 Å². The number of rotatable bonds is 3. The largest absolute Gasteiger partial charge is 1.00 e. The first kappa shape index (κ1) is 10.7. The third-order valence-corrected chi connectivity index (χ3v) is 2.65. The van der Waals surface area contributed by atoms with Crippen molar-refractivity contribution >= 4 is 10.7 Å². The number of hydrogen-bond donors (Lipinski definition) is 0. The molecule has 0 amide bonds. The predicted octanol–water partition coefficient (Wildman–Crippen LogP) is -1.74. The van der Waals surface area contributed by atoms with Crippen molar-refractivity contribution in [3.05, 3.63) is 12.7 Å². The zero-order valence-electron chi connectivity index (χ0n) is 6.08. The molecule has 0 heterocycles. The summed E-state index contributed by atoms with van der Waals surface area (Å²) in [5.74, 6) is 0.376. The summed E-state index contributed by atoms with van der Waals surface area (Å²) in [6.07, 6.45) is 3.46. The van der Waals surface area contributed by atoms with Gasteiger partial charge in [0.1, 0.15) is 0 Å². The van der Waals surface area contributed by atoms with Gasteiger partial charge in [-0.25, -0.2) is 0 Å². The zero-order valence-corrected chi connectivity index (χ0v) is 8.89. The maximum absolute atomic E-state index is 10.2. The van der Waals surface area contributed by atoms with Crippen molar-refractivity contribution in [2.24, 2.45) is 5.92 Å². The van der Waals surface area contributed by atoms with Crippen molar-refractivity contribution < 1.29 is 38.0 Å². The Balaban J connectivity index is 0.000000810. The number of allylic oxidation sites excluding steroid dienone is 1. The molecule has 2 unspecified atom stereocenters. The monoisotopic (exact) mass is 168 g/mol. The second-order valence-electron chi connectivity index (χ2n) is 2.32. The molecule has 0 aromatic rings. The van der Waals surface area contributed by atoms with E-state index in [0.29, 0.717) is 5.92 Å². The Morgan fingerprint density at radius 1 is 1.60 bits per heavy atom. The van der Waals surface area contributed by atoms with E-state index in [1.54, 1.807) is 6.08 Å². The molecule has 0 aromatic carbocycles. The normalized spacial score (nSPS) is 29.3. The minimum atomic E-state index is -1.84. The summed E-state index contributed by atoms with van der Waals surface area (Å²) in [5.41, 5.74) is 0. The van der Waals surface area contributed by atoms with Gasteiger partial charge in [-0.2, -0.15) is 0 Å². The van der Waals surface area contributed by atoms with E-state index in [4.69, 9.17) is 0 Å². The van der Waals surface area contributed by atoms with Gasteiger partial charge in [0.15, 0.2) is 0 Å². The minimum Gasteiger partial charge on any atom is -0.424 e. The van der Waals surface area contributed by atoms with Crippen molar-refractivity contribution in [2.75, 3.05) is 0 Å². The van der Waals surface area contributed by atoms with E-state index < -0.39 is 10.7 Å². The van der Waals surface area contributed by atoms with Crippen LogP contribution >= 0.6 is 0 Å². The topological polar surface area (TPSA) is 34.1 Å². The first-order chi connectivity index (χ1) is 4.25. The van der Waals surface area contributed by atoms with Gasteiger partial charge in [0.25, 0.3) is 0 Å². The minimum absolute atomic E-state index is 0. The second kappa shape index (κ2) is 4.54. The maximum atomic E-state index is 10.2. The van der Waals surface area contributed by atoms with E-state index in [-0.39, 0.29) is 34.8 Å². The summed E-state index contributed by atoms with van der Waals surface area (Å²) in [4.78, 5) is 0. The maximum Gasteiger partial charge on any atom is 1.00 e. The van der Waals surface area contributed by atoms with Crippen molar-refractivity contribution in [1.82, 2.24) is 0 Å². The molecule has 1 fully saturated rings. The summed E-state index contributed by atoms with van der Waals surface area (Å²) in [7, 11) is -1.84. The fourth-order valence-corrected chi connectivity index (χ4v) is 1.75. The van der Waals surface area contributed by atoms with Crippen molar-refractivity contribution in [3.63, 3.8) is 0 Å². The Bertz CT molecular complexity index is 180. The molecule has 0 aromatic heterocycles. The summed E-state index contributed by atoms with van der Waals surface area (Å²) in [6.45, 7) is 3.53. The van der Waals surface area contributed by atoms with Gasteiger partial charge in [-0.15, -0.1) is 6.58 Å². The molecule has 2 atom stereocenters. The summed E-state index contributed by atoms with van der Waals surface area (Å²) < 4.78 is 20.4. The van der Waals surface area contributed by atoms with Crippen LogP contribution in [0.5, 0.6) is 0 Å². The van der Waals surface area contributed by atoms with Crippen LogP contribution in [0.2, 0.25) is 0 Å². The van der Waals surface area contributed by atoms with E-state index in [2.05, 4.69) is 6.58 Å². The Morgan fingerprint density at radius 2 is 2.20 bits per heavy atom. The zero-order chi connectivity index (χ0) is 6.85. The molecular formula is C6H9NaO2S. The Morgan fingerprint density at radius 3 is 2.50 bits per heavy atom. The predicted molar refractivity (Wildman–Crippen MR) is 35.4 cm³/mol. The molecule has 0 spiro atoms. The van der Waals surface area contributed by atoms with Crippen molar-refractivity contribution in [1.29, 1.82) is 0 Å². The molecule has 1 aliphatic carbocycles. The smallest absolute Gasteiger partial charge is 0.424 e. The van der Waals surface area contributed by atoms with E-state index in [1.807, 2.05) is 0 Å². The van der Waals surface area contributed by atoms with Gasteiger partial charge in [0, 0.05) is 0 Å². The van der Waals surface area contributed by atoms with Crippen LogP contribution in [-0.2, 0) is 19.1 Å². The fourth-order valence-electron chi connectivity index (χ4n) is 0.918. The van der Waals surface area contributed by atoms with E-state index in [9.17, 15) is 8.42 Å². The summed E-state index contributed by atoms with van der Waals surface area (Å²) >= 11 is 0. The molecule has 1 aliphatic rings. The molecule has 4 heteroatoms. The van der Waals surface area contributed by atoms with Crippen LogP contribution in [0.1, 0.15) is 12.8 Å². The Kier molecular flexibility index (Phi) is 4.86. The molecular weight excluding hydrogens is 159 g/mol. The molecule has 52 valence electrons. The van der Waals surface area contributed by atoms with Gasteiger partial charge in [-0.3, -0.25) is 0 Å². The number of hydrogen-bond acceptors (Lipinski definition) is 3. The molecule has 2 nitrogen and oxygen atoms in total. The molecule has 0 saturated heterocycles. The Labute approximate surface area is 84.9 Å². The van der Waals surface area contributed by atoms with Crippen LogP contribution in [0.3, 0.4) is 0 Å². The van der Waals surface area contributed by atoms with Gasteiger partial charge >= 0.3 is 29.6 Å². The molecule has 0 bridgehead atoms. The second-order valence-corrected chi connectivity index (χ2v) is 3.45. The third-order valence-electron chi connectivity index (χ3n) is 1.57. The van der Waals surface area contributed by atoms with Crippen molar-refractivity contribution in [3.8, 4) is 0 Å². The van der Waals surface area contributed by atoms with Crippen LogP contribution in [0.4, 0.5) is 0 Å². The van der Waals surface area contributed by atoms with Crippen molar-refractivity contribution in [2.45, 2.75) is 18.1 Å². The SMILES string of the molecule is C=CCC1CC1[S-](=O)=O.[Na+]. The summed E-state index contributed by atoms with van der Waals surface area (Å²) in [6, 6.07) is 0. The van der Waals surface area contributed by atoms with Gasteiger partial charge in [-0.05, 0) is 6.42 Å². The average molecular weight is 168 g/mol. The van der Waals surface area contributed by atoms with Gasteiger partial charge in [-0.1, -0.05) is 34.4 Å². The van der Waals surface area contributed by atoms with E-state index in [0.717, 1.165) is 12.8 Å². The standard InChI is InChI=1S/C6H9O2S.Na/c1-2-3-5-4-6(5)9(7)8;/h2,5-6H,1,3-4H2;/q-1;+1. The van der Waals surface area contributed by atoms with E-state index >= 15 is 0 Å². The molecule has 1 rings (SSSR count). The molecule has 0 radical (unpaired) electrons. The van der Waals surface area contributed by atoms with E-state index in [1.165, 1.54) is 0 Å². The van der Waals surface area contributed by atoms with Crippen LogP contribution in [-0.4, -0.2) is 5.25 Å². The van der Waals surface area contributed by atoms with Crippen LogP contribution in [0, 0.1) is 5.92 Å². The third kappa shape index (κ3) is 2.74. The molecule has 0 aliphatic heterocycles. The summed E-state index contributed by atoms with van der Waals surface area (Å²) in [5, 5.41) is -0.0667. The molecule has 10 heavy (non-hydrogen) atoms. The van der Waals surface area contributed by atoms with Crippen LogP contribution < -0.4 is 29.6 Å². The van der Waals surface area contributed by atoms with Gasteiger partial charge < -0.3 is 8.42 Å². The first-order valence-corrected chi connectivity index (χ1v) is 4.08. The molecule has 0 N–H and O–H groups in total. The van der Waals surface area contributed by atoms with Gasteiger partial charge in [0.2, 0.25) is 0 Å².